The van der Waals surface area contributed by atoms with E-state index in [4.69, 9.17) is 0 Å². The Morgan fingerprint density at radius 2 is 1.79 bits per heavy atom. The van der Waals surface area contributed by atoms with Crippen molar-refractivity contribution in [2.24, 2.45) is 11.3 Å². The van der Waals surface area contributed by atoms with Crippen LogP contribution in [0.4, 0.5) is 0 Å². The zero-order valence-electron chi connectivity index (χ0n) is 12.5. The van der Waals surface area contributed by atoms with E-state index in [-0.39, 0.29) is 0 Å². The van der Waals surface area contributed by atoms with Gasteiger partial charge in [0.25, 0.3) is 0 Å². The molecule has 1 fully saturated rings. The molecule has 0 bridgehead atoms. The monoisotopic (exact) mass is 323 g/mol. The summed E-state index contributed by atoms with van der Waals surface area (Å²) in [6, 6.07) is 8.75. The smallest absolute Gasteiger partial charge is 0.0233 e. The standard InChI is InChI=1S/C17H26BrN/c1-17(2,3)15-5-4-11-19(12-10-15)13-14-6-8-16(18)9-7-14/h6-9,15H,4-5,10-13H2,1-3H3. The number of halogens is 1. The summed E-state index contributed by atoms with van der Waals surface area (Å²) in [4.78, 5) is 2.62. The van der Waals surface area contributed by atoms with Gasteiger partial charge in [-0.2, -0.15) is 0 Å². The first-order chi connectivity index (χ1) is 8.95. The van der Waals surface area contributed by atoms with Crippen LogP contribution in [0.25, 0.3) is 0 Å². The highest BCUT2D eigenvalue weighted by atomic mass is 79.9. The van der Waals surface area contributed by atoms with Crippen LogP contribution in [0.1, 0.15) is 45.6 Å². The molecule has 106 valence electrons. The van der Waals surface area contributed by atoms with E-state index in [0.717, 1.165) is 12.5 Å². The maximum atomic E-state index is 3.50. The zero-order valence-corrected chi connectivity index (χ0v) is 14.0. The average molecular weight is 324 g/mol. The second-order valence-electron chi connectivity index (χ2n) is 6.90. The summed E-state index contributed by atoms with van der Waals surface area (Å²) < 4.78 is 1.17. The van der Waals surface area contributed by atoms with Crippen molar-refractivity contribution >= 4 is 15.9 Å². The quantitative estimate of drug-likeness (QED) is 0.732. The number of hydrogen-bond donors (Lipinski definition) is 0. The van der Waals surface area contributed by atoms with Gasteiger partial charge < -0.3 is 0 Å². The van der Waals surface area contributed by atoms with Crippen LogP contribution in [0, 0.1) is 11.3 Å². The van der Waals surface area contributed by atoms with Gasteiger partial charge >= 0.3 is 0 Å². The van der Waals surface area contributed by atoms with Crippen molar-refractivity contribution in [2.45, 2.75) is 46.6 Å². The molecule has 0 radical (unpaired) electrons. The molecular weight excluding hydrogens is 298 g/mol. The van der Waals surface area contributed by atoms with Crippen molar-refractivity contribution in [3.05, 3.63) is 34.3 Å². The third-order valence-corrected chi connectivity index (χ3v) is 4.89. The highest BCUT2D eigenvalue weighted by Crippen LogP contribution is 2.34. The first-order valence-corrected chi connectivity index (χ1v) is 8.21. The highest BCUT2D eigenvalue weighted by Gasteiger charge is 2.26. The molecule has 1 nitrogen and oxygen atoms in total. The van der Waals surface area contributed by atoms with Gasteiger partial charge in [0, 0.05) is 11.0 Å². The summed E-state index contributed by atoms with van der Waals surface area (Å²) in [6.45, 7) is 10.8. The first-order valence-electron chi connectivity index (χ1n) is 7.42. The van der Waals surface area contributed by atoms with Gasteiger partial charge in [-0.1, -0.05) is 48.8 Å². The molecule has 1 unspecified atom stereocenters. The Bertz CT molecular complexity index is 391. The molecule has 1 heterocycles. The Hall–Kier alpha value is -0.340. The maximum Gasteiger partial charge on any atom is 0.0233 e. The Balaban J connectivity index is 1.91. The van der Waals surface area contributed by atoms with Gasteiger partial charge in [0.1, 0.15) is 0 Å². The lowest BCUT2D eigenvalue weighted by Gasteiger charge is -2.29. The highest BCUT2D eigenvalue weighted by molar-refractivity contribution is 9.10. The normalized spacial score (nSPS) is 22.2. The van der Waals surface area contributed by atoms with E-state index < -0.39 is 0 Å². The van der Waals surface area contributed by atoms with E-state index in [2.05, 4.69) is 65.9 Å². The molecular formula is C17H26BrN. The fourth-order valence-corrected chi connectivity index (χ4v) is 3.29. The zero-order chi connectivity index (χ0) is 13.9. The minimum absolute atomic E-state index is 0.466. The molecule has 1 saturated heterocycles. The van der Waals surface area contributed by atoms with E-state index in [0.29, 0.717) is 5.41 Å². The van der Waals surface area contributed by atoms with Crippen molar-refractivity contribution in [2.75, 3.05) is 13.1 Å². The lowest BCUT2D eigenvalue weighted by atomic mass is 9.77. The van der Waals surface area contributed by atoms with Gasteiger partial charge in [0.2, 0.25) is 0 Å². The molecule has 0 N–H and O–H groups in total. The van der Waals surface area contributed by atoms with Crippen LogP contribution >= 0.6 is 15.9 Å². The molecule has 1 aliphatic rings. The van der Waals surface area contributed by atoms with Crippen LogP contribution in [-0.4, -0.2) is 18.0 Å². The molecule has 1 atom stereocenters. The number of hydrogen-bond acceptors (Lipinski definition) is 1. The van der Waals surface area contributed by atoms with Crippen molar-refractivity contribution in [1.82, 2.24) is 4.90 Å². The second kappa shape index (κ2) is 6.41. The molecule has 1 aromatic rings. The average Bonchev–Trinajstić information content (AvgIpc) is 2.57. The van der Waals surface area contributed by atoms with Gasteiger partial charge in [0.15, 0.2) is 0 Å². The molecule has 2 heteroatoms. The van der Waals surface area contributed by atoms with Gasteiger partial charge in [-0.3, -0.25) is 4.90 Å². The lowest BCUT2D eigenvalue weighted by molar-refractivity contribution is 0.206. The predicted octanol–water partition coefficient (Wildman–Crippen LogP) is 5.10. The van der Waals surface area contributed by atoms with Crippen LogP contribution < -0.4 is 0 Å². The largest absolute Gasteiger partial charge is 0.299 e. The van der Waals surface area contributed by atoms with Crippen LogP contribution in [0.5, 0.6) is 0 Å². The van der Waals surface area contributed by atoms with Crippen molar-refractivity contribution in [1.29, 1.82) is 0 Å². The number of benzene rings is 1. The van der Waals surface area contributed by atoms with Crippen LogP contribution in [-0.2, 0) is 6.54 Å². The van der Waals surface area contributed by atoms with Crippen LogP contribution in [0.2, 0.25) is 0 Å². The number of rotatable bonds is 2. The molecule has 0 aliphatic carbocycles. The predicted molar refractivity (Wildman–Crippen MR) is 86.2 cm³/mol. The molecule has 0 spiro atoms. The van der Waals surface area contributed by atoms with Gasteiger partial charge in [-0.25, -0.2) is 0 Å². The fraction of sp³-hybridized carbons (Fsp3) is 0.647. The first kappa shape index (κ1) is 15.1. The second-order valence-corrected chi connectivity index (χ2v) is 7.81. The maximum absolute atomic E-state index is 3.50. The summed E-state index contributed by atoms with van der Waals surface area (Å²) in [6.07, 6.45) is 4.08. The lowest BCUT2D eigenvalue weighted by Crippen LogP contribution is -2.26. The summed E-state index contributed by atoms with van der Waals surface area (Å²) in [5.74, 6) is 0.877. The SMILES string of the molecule is CC(C)(C)C1CCCN(Cc2ccc(Br)cc2)CC1. The summed E-state index contributed by atoms with van der Waals surface area (Å²) in [5, 5.41) is 0. The Labute approximate surface area is 126 Å². The van der Waals surface area contributed by atoms with Gasteiger partial charge in [-0.15, -0.1) is 0 Å². The third-order valence-electron chi connectivity index (χ3n) is 4.36. The molecule has 0 aromatic heterocycles. The van der Waals surface area contributed by atoms with E-state index in [1.54, 1.807) is 0 Å². The number of nitrogens with zero attached hydrogens (tertiary/aromatic N) is 1. The van der Waals surface area contributed by atoms with Gasteiger partial charge in [-0.05, 0) is 61.4 Å². The summed E-state index contributed by atoms with van der Waals surface area (Å²) in [7, 11) is 0. The molecule has 19 heavy (non-hydrogen) atoms. The minimum Gasteiger partial charge on any atom is -0.299 e. The van der Waals surface area contributed by atoms with E-state index in [9.17, 15) is 0 Å². The van der Waals surface area contributed by atoms with Crippen molar-refractivity contribution < 1.29 is 0 Å². The number of likely N-dealkylation sites (tertiary alicyclic amines) is 1. The third kappa shape index (κ3) is 4.61. The Kier molecular flexibility index (Phi) is 5.08. The molecule has 1 aromatic carbocycles. The molecule has 0 amide bonds. The Morgan fingerprint density at radius 1 is 1.11 bits per heavy atom. The Morgan fingerprint density at radius 3 is 2.42 bits per heavy atom. The van der Waals surface area contributed by atoms with Crippen molar-refractivity contribution in [3.63, 3.8) is 0 Å². The molecule has 1 aliphatic heterocycles. The summed E-state index contributed by atoms with van der Waals surface area (Å²) in [5.41, 5.74) is 1.89. The van der Waals surface area contributed by atoms with E-state index in [1.165, 1.54) is 42.4 Å². The fourth-order valence-electron chi connectivity index (χ4n) is 3.03. The molecule has 2 rings (SSSR count). The molecule has 0 saturated carbocycles. The topological polar surface area (TPSA) is 3.24 Å². The van der Waals surface area contributed by atoms with Crippen molar-refractivity contribution in [3.8, 4) is 0 Å². The summed E-state index contributed by atoms with van der Waals surface area (Å²) >= 11 is 3.50. The minimum atomic E-state index is 0.466. The van der Waals surface area contributed by atoms with Gasteiger partial charge in [0.05, 0.1) is 0 Å². The van der Waals surface area contributed by atoms with Crippen LogP contribution in [0.3, 0.4) is 0 Å². The van der Waals surface area contributed by atoms with E-state index >= 15 is 0 Å². The van der Waals surface area contributed by atoms with E-state index in [1.807, 2.05) is 0 Å². The van der Waals surface area contributed by atoms with Crippen LogP contribution in [0.15, 0.2) is 28.7 Å².